The third-order valence-electron chi connectivity index (χ3n) is 4.32. The first kappa shape index (κ1) is 15.7. The Kier molecular flexibility index (Phi) is 6.95. The second kappa shape index (κ2) is 7.96. The Balaban J connectivity index is 2.67. The number of hydrogen-bond acceptors (Lipinski definition) is 2. The SMILES string of the molecule is C=CCC(NCCC)C(C)(C)N1CCCCCC1. The van der Waals surface area contributed by atoms with Gasteiger partial charge in [-0.05, 0) is 59.2 Å². The van der Waals surface area contributed by atoms with Gasteiger partial charge in [-0.2, -0.15) is 0 Å². The van der Waals surface area contributed by atoms with E-state index in [4.69, 9.17) is 0 Å². The van der Waals surface area contributed by atoms with Crippen molar-refractivity contribution in [3.05, 3.63) is 12.7 Å². The fourth-order valence-corrected chi connectivity index (χ4v) is 2.97. The molecule has 1 saturated heterocycles. The first-order chi connectivity index (χ1) is 8.62. The summed E-state index contributed by atoms with van der Waals surface area (Å²) in [4.78, 5) is 2.69. The van der Waals surface area contributed by atoms with E-state index in [1.165, 1.54) is 45.2 Å². The van der Waals surface area contributed by atoms with Crippen LogP contribution in [0, 0.1) is 0 Å². The summed E-state index contributed by atoms with van der Waals surface area (Å²) < 4.78 is 0. The lowest BCUT2D eigenvalue weighted by molar-refractivity contribution is 0.0844. The molecule has 1 fully saturated rings. The Morgan fingerprint density at radius 1 is 1.22 bits per heavy atom. The maximum Gasteiger partial charge on any atom is 0.0309 e. The summed E-state index contributed by atoms with van der Waals surface area (Å²) in [5, 5.41) is 3.72. The highest BCUT2D eigenvalue weighted by Gasteiger charge is 2.34. The van der Waals surface area contributed by atoms with Crippen LogP contribution >= 0.6 is 0 Å². The number of rotatable bonds is 7. The lowest BCUT2D eigenvalue weighted by atomic mass is 9.89. The molecule has 0 aromatic heterocycles. The van der Waals surface area contributed by atoms with E-state index in [2.05, 4.69) is 43.6 Å². The maximum absolute atomic E-state index is 3.93. The third kappa shape index (κ3) is 4.40. The molecule has 1 unspecified atom stereocenters. The van der Waals surface area contributed by atoms with E-state index in [-0.39, 0.29) is 5.54 Å². The Labute approximate surface area is 114 Å². The van der Waals surface area contributed by atoms with Gasteiger partial charge in [0.1, 0.15) is 0 Å². The average Bonchev–Trinajstić information content (AvgIpc) is 2.63. The molecule has 0 aromatic carbocycles. The highest BCUT2D eigenvalue weighted by molar-refractivity contribution is 4.97. The Morgan fingerprint density at radius 2 is 1.83 bits per heavy atom. The average molecular weight is 252 g/mol. The molecule has 106 valence electrons. The van der Waals surface area contributed by atoms with Crippen molar-refractivity contribution < 1.29 is 0 Å². The third-order valence-corrected chi connectivity index (χ3v) is 4.32. The molecule has 18 heavy (non-hydrogen) atoms. The minimum absolute atomic E-state index is 0.230. The highest BCUT2D eigenvalue weighted by Crippen LogP contribution is 2.25. The lowest BCUT2D eigenvalue weighted by Gasteiger charge is -2.44. The largest absolute Gasteiger partial charge is 0.312 e. The van der Waals surface area contributed by atoms with Gasteiger partial charge < -0.3 is 5.32 Å². The zero-order valence-electron chi connectivity index (χ0n) is 12.7. The van der Waals surface area contributed by atoms with E-state index in [0.29, 0.717) is 6.04 Å². The van der Waals surface area contributed by atoms with Gasteiger partial charge in [-0.25, -0.2) is 0 Å². The van der Waals surface area contributed by atoms with Crippen LogP contribution in [0.4, 0.5) is 0 Å². The van der Waals surface area contributed by atoms with Crippen LogP contribution in [0.3, 0.4) is 0 Å². The van der Waals surface area contributed by atoms with Gasteiger partial charge in [-0.3, -0.25) is 4.90 Å². The number of likely N-dealkylation sites (tertiary alicyclic amines) is 1. The van der Waals surface area contributed by atoms with Crippen molar-refractivity contribution in [3.63, 3.8) is 0 Å². The second-order valence-corrected chi connectivity index (χ2v) is 6.09. The first-order valence-corrected chi connectivity index (χ1v) is 7.72. The van der Waals surface area contributed by atoms with E-state index in [0.717, 1.165) is 13.0 Å². The number of nitrogens with one attached hydrogen (secondary N) is 1. The number of hydrogen-bond donors (Lipinski definition) is 1. The van der Waals surface area contributed by atoms with Crippen molar-refractivity contribution in [1.82, 2.24) is 10.2 Å². The smallest absolute Gasteiger partial charge is 0.0309 e. The van der Waals surface area contributed by atoms with Crippen molar-refractivity contribution in [1.29, 1.82) is 0 Å². The number of nitrogens with zero attached hydrogens (tertiary/aromatic N) is 1. The molecule has 1 N–H and O–H groups in total. The van der Waals surface area contributed by atoms with Gasteiger partial charge in [0.25, 0.3) is 0 Å². The summed E-state index contributed by atoms with van der Waals surface area (Å²) in [5.41, 5.74) is 0.230. The van der Waals surface area contributed by atoms with Crippen LogP contribution in [-0.2, 0) is 0 Å². The van der Waals surface area contributed by atoms with Crippen LogP contribution in [0.25, 0.3) is 0 Å². The van der Waals surface area contributed by atoms with E-state index >= 15 is 0 Å². The summed E-state index contributed by atoms with van der Waals surface area (Å²) >= 11 is 0. The molecule has 1 aliphatic heterocycles. The standard InChI is InChI=1S/C16H32N2/c1-5-11-15(17-12-6-2)16(3,4)18-13-9-7-8-10-14-18/h5,15,17H,1,6-14H2,2-4H3. The molecule has 2 nitrogen and oxygen atoms in total. The first-order valence-electron chi connectivity index (χ1n) is 7.72. The quantitative estimate of drug-likeness (QED) is 0.697. The Morgan fingerprint density at radius 3 is 2.33 bits per heavy atom. The van der Waals surface area contributed by atoms with Crippen molar-refractivity contribution in [2.24, 2.45) is 0 Å². The highest BCUT2D eigenvalue weighted by atomic mass is 15.2. The van der Waals surface area contributed by atoms with Gasteiger partial charge in [-0.15, -0.1) is 6.58 Å². The van der Waals surface area contributed by atoms with Gasteiger partial charge in [-0.1, -0.05) is 25.8 Å². The van der Waals surface area contributed by atoms with Crippen molar-refractivity contribution in [2.75, 3.05) is 19.6 Å². The lowest BCUT2D eigenvalue weighted by Crippen LogP contribution is -2.58. The molecule has 1 heterocycles. The molecule has 2 heteroatoms. The summed E-state index contributed by atoms with van der Waals surface area (Å²) in [7, 11) is 0. The monoisotopic (exact) mass is 252 g/mol. The molecule has 0 amide bonds. The predicted octanol–water partition coefficient (Wildman–Crippen LogP) is 3.59. The fourth-order valence-electron chi connectivity index (χ4n) is 2.97. The zero-order chi connectivity index (χ0) is 13.4. The van der Waals surface area contributed by atoms with Gasteiger partial charge in [0.2, 0.25) is 0 Å². The van der Waals surface area contributed by atoms with Crippen LogP contribution < -0.4 is 5.32 Å². The predicted molar refractivity (Wildman–Crippen MR) is 81.0 cm³/mol. The molecule has 0 radical (unpaired) electrons. The molecule has 1 atom stereocenters. The summed E-state index contributed by atoms with van der Waals surface area (Å²) in [5.74, 6) is 0. The molecular formula is C16H32N2. The molecule has 0 saturated carbocycles. The minimum Gasteiger partial charge on any atom is -0.312 e. The minimum atomic E-state index is 0.230. The molecule has 1 rings (SSSR count). The Hall–Kier alpha value is -0.340. The summed E-state index contributed by atoms with van der Waals surface area (Å²) in [6.07, 6.45) is 9.85. The van der Waals surface area contributed by atoms with Gasteiger partial charge >= 0.3 is 0 Å². The molecule has 0 spiro atoms. The Bertz CT molecular complexity index is 227. The van der Waals surface area contributed by atoms with Gasteiger partial charge in [0, 0.05) is 11.6 Å². The van der Waals surface area contributed by atoms with Crippen molar-refractivity contribution >= 4 is 0 Å². The molecule has 0 aliphatic carbocycles. The van der Waals surface area contributed by atoms with Crippen LogP contribution in [0.5, 0.6) is 0 Å². The van der Waals surface area contributed by atoms with Crippen molar-refractivity contribution in [3.8, 4) is 0 Å². The molecular weight excluding hydrogens is 220 g/mol. The van der Waals surface area contributed by atoms with Crippen molar-refractivity contribution in [2.45, 2.75) is 70.9 Å². The van der Waals surface area contributed by atoms with Gasteiger partial charge in [0.05, 0.1) is 0 Å². The van der Waals surface area contributed by atoms with Crippen LogP contribution in [0.2, 0.25) is 0 Å². The second-order valence-electron chi connectivity index (χ2n) is 6.09. The maximum atomic E-state index is 3.93. The van der Waals surface area contributed by atoms with E-state index in [1.807, 2.05) is 0 Å². The summed E-state index contributed by atoms with van der Waals surface area (Å²) in [6.45, 7) is 14.6. The molecule has 0 bridgehead atoms. The molecule has 0 aromatic rings. The van der Waals surface area contributed by atoms with E-state index < -0.39 is 0 Å². The normalized spacial score (nSPS) is 20.4. The van der Waals surface area contributed by atoms with E-state index in [1.54, 1.807) is 0 Å². The topological polar surface area (TPSA) is 15.3 Å². The zero-order valence-corrected chi connectivity index (χ0v) is 12.7. The van der Waals surface area contributed by atoms with Crippen LogP contribution in [-0.4, -0.2) is 36.1 Å². The van der Waals surface area contributed by atoms with Crippen LogP contribution in [0.1, 0.15) is 59.3 Å². The summed E-state index contributed by atoms with van der Waals surface area (Å²) in [6, 6.07) is 0.521. The van der Waals surface area contributed by atoms with Gasteiger partial charge in [0.15, 0.2) is 0 Å². The molecule has 1 aliphatic rings. The van der Waals surface area contributed by atoms with Crippen LogP contribution in [0.15, 0.2) is 12.7 Å². The fraction of sp³-hybridized carbons (Fsp3) is 0.875. The van der Waals surface area contributed by atoms with E-state index in [9.17, 15) is 0 Å².